The van der Waals surface area contributed by atoms with Gasteiger partial charge in [-0.25, -0.2) is 10.4 Å². The number of hydrogen-bond acceptors (Lipinski definition) is 4. The third-order valence-corrected chi connectivity index (χ3v) is 4.80. The number of nitrogens with one attached hydrogen (secondary N) is 1. The van der Waals surface area contributed by atoms with Crippen molar-refractivity contribution in [3.8, 4) is 0 Å². The molecule has 7 nitrogen and oxygen atoms in total. The Labute approximate surface area is 162 Å². The summed E-state index contributed by atoms with van der Waals surface area (Å²) < 4.78 is 9.35. The van der Waals surface area contributed by atoms with Crippen molar-refractivity contribution in [1.82, 2.24) is 19.4 Å². The first kappa shape index (κ1) is 17.8. The quantitative estimate of drug-likeness (QED) is 0.429. The Morgan fingerprint density at radius 3 is 2.89 bits per heavy atom. The number of rotatable bonds is 5. The predicted molar refractivity (Wildman–Crippen MR) is 107 cm³/mol. The summed E-state index contributed by atoms with van der Waals surface area (Å²) in [6.45, 7) is 6.53. The Morgan fingerprint density at radius 1 is 1.25 bits per heavy atom. The molecule has 0 unspecified atom stereocenters. The summed E-state index contributed by atoms with van der Waals surface area (Å²) >= 11 is 0. The van der Waals surface area contributed by atoms with Gasteiger partial charge in [-0.2, -0.15) is 5.10 Å². The zero-order chi connectivity index (χ0) is 19.7. The van der Waals surface area contributed by atoms with Gasteiger partial charge in [0.15, 0.2) is 0 Å². The van der Waals surface area contributed by atoms with E-state index in [2.05, 4.69) is 20.1 Å². The summed E-state index contributed by atoms with van der Waals surface area (Å²) in [4.78, 5) is 17.0. The third-order valence-electron chi connectivity index (χ3n) is 4.80. The van der Waals surface area contributed by atoms with Crippen molar-refractivity contribution >= 4 is 17.8 Å². The number of hydrogen-bond donors (Lipinski definition) is 1. The topological polar surface area (TPSA) is 76.8 Å². The van der Waals surface area contributed by atoms with E-state index in [0.29, 0.717) is 17.9 Å². The number of pyridine rings is 1. The lowest BCUT2D eigenvalue weighted by Gasteiger charge is -2.07. The predicted octanol–water partition coefficient (Wildman–Crippen LogP) is 3.47. The number of imidazole rings is 1. The number of carbonyl (C=O) groups excluding carboxylic acids is 1. The Bertz CT molecular complexity index is 1170. The largest absolute Gasteiger partial charge is 0.467 e. The summed E-state index contributed by atoms with van der Waals surface area (Å²) in [5.74, 6) is 0.596. The maximum absolute atomic E-state index is 12.6. The fourth-order valence-electron chi connectivity index (χ4n) is 3.36. The number of amides is 1. The van der Waals surface area contributed by atoms with Crippen LogP contribution in [0.5, 0.6) is 0 Å². The first-order valence-electron chi connectivity index (χ1n) is 9.01. The molecule has 0 atom stereocenters. The van der Waals surface area contributed by atoms with Crippen molar-refractivity contribution in [2.75, 3.05) is 0 Å². The number of aromatic nitrogens is 3. The molecule has 4 heterocycles. The van der Waals surface area contributed by atoms with Crippen molar-refractivity contribution in [2.45, 2.75) is 27.3 Å². The zero-order valence-corrected chi connectivity index (χ0v) is 16.0. The van der Waals surface area contributed by atoms with Crippen molar-refractivity contribution in [1.29, 1.82) is 0 Å². The molecule has 0 aliphatic rings. The summed E-state index contributed by atoms with van der Waals surface area (Å²) in [5.41, 5.74) is 7.58. The van der Waals surface area contributed by atoms with Gasteiger partial charge in [-0.05, 0) is 51.1 Å². The number of furan rings is 1. The van der Waals surface area contributed by atoms with Gasteiger partial charge in [-0.3, -0.25) is 9.20 Å². The van der Waals surface area contributed by atoms with Gasteiger partial charge in [-0.1, -0.05) is 6.07 Å². The normalized spacial score (nSPS) is 11.5. The van der Waals surface area contributed by atoms with Crippen molar-refractivity contribution in [3.63, 3.8) is 0 Å². The van der Waals surface area contributed by atoms with Crippen LogP contribution >= 0.6 is 0 Å². The molecule has 0 spiro atoms. The average Bonchev–Trinajstić information content (AvgIpc) is 3.36. The Balaban J connectivity index is 1.52. The maximum atomic E-state index is 12.6. The highest BCUT2D eigenvalue weighted by molar-refractivity contribution is 5.95. The van der Waals surface area contributed by atoms with Crippen molar-refractivity contribution in [3.05, 3.63) is 83.0 Å². The van der Waals surface area contributed by atoms with Gasteiger partial charge in [0, 0.05) is 23.1 Å². The van der Waals surface area contributed by atoms with Gasteiger partial charge in [0.25, 0.3) is 5.91 Å². The molecule has 7 heteroatoms. The van der Waals surface area contributed by atoms with Crippen LogP contribution in [-0.2, 0) is 6.54 Å². The Kier molecular flexibility index (Phi) is 4.57. The first-order chi connectivity index (χ1) is 13.5. The molecule has 0 aliphatic carbocycles. The van der Waals surface area contributed by atoms with Gasteiger partial charge in [0.2, 0.25) is 0 Å². The van der Waals surface area contributed by atoms with Crippen LogP contribution in [0.15, 0.2) is 58.4 Å². The fraction of sp³-hybridized carbons (Fsp3) is 0.190. The van der Waals surface area contributed by atoms with Crippen molar-refractivity contribution < 1.29 is 9.21 Å². The van der Waals surface area contributed by atoms with Gasteiger partial charge >= 0.3 is 0 Å². The molecule has 0 saturated carbocycles. The van der Waals surface area contributed by atoms with Gasteiger partial charge < -0.3 is 8.98 Å². The molecule has 1 amide bonds. The molecule has 0 saturated heterocycles. The number of fused-ring (bicyclic) bond motifs is 1. The van der Waals surface area contributed by atoms with Crippen molar-refractivity contribution in [2.24, 2.45) is 5.10 Å². The minimum Gasteiger partial charge on any atom is -0.467 e. The van der Waals surface area contributed by atoms with Gasteiger partial charge in [-0.15, -0.1) is 0 Å². The van der Waals surface area contributed by atoms with E-state index in [1.165, 1.54) is 0 Å². The second kappa shape index (κ2) is 7.19. The highest BCUT2D eigenvalue weighted by Gasteiger charge is 2.16. The molecule has 0 radical (unpaired) electrons. The molecule has 4 aromatic rings. The van der Waals surface area contributed by atoms with E-state index in [1.807, 2.05) is 63.4 Å². The lowest BCUT2D eigenvalue weighted by Crippen LogP contribution is -2.20. The summed E-state index contributed by atoms with van der Waals surface area (Å²) in [5, 5.41) is 4.16. The summed E-state index contributed by atoms with van der Waals surface area (Å²) in [6, 6.07) is 11.5. The molecule has 0 bridgehead atoms. The number of nitrogens with zero attached hydrogens (tertiary/aromatic N) is 4. The summed E-state index contributed by atoms with van der Waals surface area (Å²) in [6.07, 6.45) is 5.15. The smallest absolute Gasteiger partial charge is 0.290 e. The van der Waals surface area contributed by atoms with E-state index in [9.17, 15) is 4.79 Å². The van der Waals surface area contributed by atoms with Gasteiger partial charge in [0.05, 0.1) is 24.7 Å². The van der Waals surface area contributed by atoms with Crippen LogP contribution < -0.4 is 5.43 Å². The van der Waals surface area contributed by atoms with E-state index in [4.69, 9.17) is 4.42 Å². The second-order valence-corrected chi connectivity index (χ2v) is 6.67. The number of hydrazone groups is 1. The highest BCUT2D eigenvalue weighted by Crippen LogP contribution is 2.16. The molecule has 0 fully saturated rings. The molecule has 28 heavy (non-hydrogen) atoms. The highest BCUT2D eigenvalue weighted by atomic mass is 16.3. The molecular formula is C21H21N5O2. The Hall–Kier alpha value is -3.61. The zero-order valence-electron chi connectivity index (χ0n) is 16.0. The van der Waals surface area contributed by atoms with Crippen LogP contribution in [0, 0.1) is 20.8 Å². The van der Waals surface area contributed by atoms with Crippen LogP contribution in [0.2, 0.25) is 0 Å². The lowest BCUT2D eigenvalue weighted by molar-refractivity contribution is 0.0948. The minimum absolute atomic E-state index is 0.295. The minimum atomic E-state index is -0.295. The summed E-state index contributed by atoms with van der Waals surface area (Å²) in [7, 11) is 0. The average molecular weight is 375 g/mol. The standard InChI is InChI=1S/C21H21N5O2/c1-14-11-17(16(3)26(14)13-18-7-6-10-28-18)12-22-24-21(27)20-15(2)23-19-8-4-5-9-25(19)20/h4-12H,13H2,1-3H3,(H,24,27)/b22-12-. The maximum Gasteiger partial charge on any atom is 0.290 e. The first-order valence-corrected chi connectivity index (χ1v) is 9.01. The van der Waals surface area contributed by atoms with Crippen LogP contribution in [0.1, 0.15) is 38.9 Å². The molecule has 4 rings (SSSR count). The van der Waals surface area contributed by atoms with E-state index in [-0.39, 0.29) is 5.91 Å². The van der Waals surface area contributed by atoms with Crippen LogP contribution in [0.3, 0.4) is 0 Å². The Morgan fingerprint density at radius 2 is 2.11 bits per heavy atom. The monoisotopic (exact) mass is 375 g/mol. The van der Waals surface area contributed by atoms with Gasteiger partial charge in [0.1, 0.15) is 17.1 Å². The molecule has 0 aliphatic heterocycles. The van der Waals surface area contributed by atoms with E-state index in [1.54, 1.807) is 16.9 Å². The number of aryl methyl sites for hydroxylation is 2. The molecule has 1 N–H and O–H groups in total. The van der Waals surface area contributed by atoms with E-state index >= 15 is 0 Å². The lowest BCUT2D eigenvalue weighted by atomic mass is 10.3. The molecule has 142 valence electrons. The number of carbonyl (C=O) groups is 1. The van der Waals surface area contributed by atoms with Crippen LogP contribution in [0.4, 0.5) is 0 Å². The molecular weight excluding hydrogens is 354 g/mol. The van der Waals surface area contributed by atoms with E-state index in [0.717, 1.165) is 28.4 Å². The van der Waals surface area contributed by atoms with Crippen LogP contribution in [-0.4, -0.2) is 26.1 Å². The fourth-order valence-corrected chi connectivity index (χ4v) is 3.36. The molecule has 0 aromatic carbocycles. The third kappa shape index (κ3) is 3.22. The second-order valence-electron chi connectivity index (χ2n) is 6.67. The van der Waals surface area contributed by atoms with E-state index < -0.39 is 0 Å². The molecule has 4 aromatic heterocycles. The van der Waals surface area contributed by atoms with Crippen LogP contribution in [0.25, 0.3) is 5.65 Å². The SMILES string of the molecule is Cc1nc2ccccn2c1C(=O)N/N=C\c1cc(C)n(Cc2ccco2)c1C.